The lowest BCUT2D eigenvalue weighted by molar-refractivity contribution is -0.137. The summed E-state index contributed by atoms with van der Waals surface area (Å²) < 4.78 is 0. The molecule has 3 rings (SSSR count). The van der Waals surface area contributed by atoms with Crippen molar-refractivity contribution >= 4 is 17.4 Å². The van der Waals surface area contributed by atoms with Gasteiger partial charge in [0.2, 0.25) is 0 Å². The highest BCUT2D eigenvalue weighted by atomic mass is 16.2. The standard InChI is InChI=1S/C26H39N3O2/c1-3-5-6-7-8-9-10-14-17-29-25(30)23(22-15-12-11-13-16-22)24(26(29)31)28-20-18-27(4-2)19-21-28/h11-13,15-16H,3-10,14,17-21H2,1-2H3. The maximum absolute atomic E-state index is 13.4. The molecule has 0 saturated carbocycles. The first kappa shape index (κ1) is 23.5. The second-order valence-corrected chi connectivity index (χ2v) is 8.75. The van der Waals surface area contributed by atoms with Gasteiger partial charge in [0.25, 0.3) is 11.8 Å². The van der Waals surface area contributed by atoms with Crippen molar-refractivity contribution in [2.75, 3.05) is 39.3 Å². The molecule has 1 fully saturated rings. The van der Waals surface area contributed by atoms with E-state index in [0.29, 0.717) is 17.8 Å². The summed E-state index contributed by atoms with van der Waals surface area (Å²) in [6.45, 7) is 9.41. The summed E-state index contributed by atoms with van der Waals surface area (Å²) in [7, 11) is 0. The number of imide groups is 1. The summed E-state index contributed by atoms with van der Waals surface area (Å²) in [5, 5.41) is 0. The second kappa shape index (κ2) is 12.0. The number of carbonyl (C=O) groups excluding carboxylic acids is 2. The van der Waals surface area contributed by atoms with E-state index in [-0.39, 0.29) is 11.8 Å². The lowest BCUT2D eigenvalue weighted by atomic mass is 10.0. The average molecular weight is 426 g/mol. The molecule has 31 heavy (non-hydrogen) atoms. The Balaban J connectivity index is 1.64. The number of benzene rings is 1. The number of likely N-dealkylation sites (N-methyl/N-ethyl adjacent to an activating group) is 1. The summed E-state index contributed by atoms with van der Waals surface area (Å²) in [6, 6.07) is 9.72. The third-order valence-electron chi connectivity index (χ3n) is 6.58. The molecule has 2 aliphatic heterocycles. The van der Waals surface area contributed by atoms with Crippen molar-refractivity contribution < 1.29 is 9.59 Å². The SMILES string of the molecule is CCCCCCCCCCN1C(=O)C(c2ccccc2)=C(N2CCN(CC)CC2)C1=O. The number of hydrogen-bond acceptors (Lipinski definition) is 4. The van der Waals surface area contributed by atoms with Crippen LogP contribution in [0, 0.1) is 0 Å². The Labute approximate surface area is 188 Å². The van der Waals surface area contributed by atoms with Crippen LogP contribution in [-0.4, -0.2) is 65.8 Å². The zero-order valence-electron chi connectivity index (χ0n) is 19.4. The van der Waals surface area contributed by atoms with Gasteiger partial charge in [0.05, 0.1) is 5.57 Å². The van der Waals surface area contributed by atoms with Crippen molar-refractivity contribution in [2.24, 2.45) is 0 Å². The average Bonchev–Trinajstić information content (AvgIpc) is 3.06. The van der Waals surface area contributed by atoms with Gasteiger partial charge in [-0.3, -0.25) is 14.5 Å². The molecule has 0 aliphatic carbocycles. The number of amides is 2. The smallest absolute Gasteiger partial charge is 0.277 e. The Morgan fingerprint density at radius 1 is 0.742 bits per heavy atom. The van der Waals surface area contributed by atoms with Crippen molar-refractivity contribution in [3.8, 4) is 0 Å². The van der Waals surface area contributed by atoms with Gasteiger partial charge in [0.1, 0.15) is 5.70 Å². The first-order chi connectivity index (χ1) is 15.2. The Hall–Kier alpha value is -2.14. The van der Waals surface area contributed by atoms with Crippen LogP contribution in [0.4, 0.5) is 0 Å². The Morgan fingerprint density at radius 2 is 1.35 bits per heavy atom. The number of hydrogen-bond donors (Lipinski definition) is 0. The van der Waals surface area contributed by atoms with Crippen LogP contribution in [0.15, 0.2) is 36.0 Å². The minimum Gasteiger partial charge on any atom is -0.364 e. The largest absolute Gasteiger partial charge is 0.364 e. The van der Waals surface area contributed by atoms with Crippen LogP contribution in [0.5, 0.6) is 0 Å². The summed E-state index contributed by atoms with van der Waals surface area (Å²) in [6.07, 6.45) is 9.61. The molecule has 2 heterocycles. The third-order valence-corrected chi connectivity index (χ3v) is 6.58. The van der Waals surface area contributed by atoms with Gasteiger partial charge >= 0.3 is 0 Å². The van der Waals surface area contributed by atoms with Crippen molar-refractivity contribution in [1.29, 1.82) is 0 Å². The minimum absolute atomic E-state index is 0.100. The van der Waals surface area contributed by atoms with Crippen molar-refractivity contribution in [1.82, 2.24) is 14.7 Å². The number of piperazine rings is 1. The van der Waals surface area contributed by atoms with Gasteiger partial charge in [-0.15, -0.1) is 0 Å². The molecule has 1 saturated heterocycles. The first-order valence-electron chi connectivity index (χ1n) is 12.3. The van der Waals surface area contributed by atoms with Gasteiger partial charge in [-0.1, -0.05) is 89.1 Å². The van der Waals surface area contributed by atoms with E-state index in [9.17, 15) is 9.59 Å². The van der Waals surface area contributed by atoms with E-state index in [0.717, 1.165) is 51.1 Å². The van der Waals surface area contributed by atoms with Gasteiger partial charge in [-0.2, -0.15) is 0 Å². The fraction of sp³-hybridized carbons (Fsp3) is 0.615. The van der Waals surface area contributed by atoms with Crippen LogP contribution in [0.2, 0.25) is 0 Å². The quantitative estimate of drug-likeness (QED) is 0.364. The fourth-order valence-electron chi connectivity index (χ4n) is 4.62. The predicted octanol–water partition coefficient (Wildman–Crippen LogP) is 4.54. The molecule has 170 valence electrons. The fourth-order valence-corrected chi connectivity index (χ4v) is 4.62. The van der Waals surface area contributed by atoms with Crippen LogP contribution in [-0.2, 0) is 9.59 Å². The zero-order chi connectivity index (χ0) is 22.1. The normalized spacial score (nSPS) is 17.9. The molecular weight excluding hydrogens is 386 g/mol. The van der Waals surface area contributed by atoms with Crippen LogP contribution < -0.4 is 0 Å². The molecule has 2 aliphatic rings. The van der Waals surface area contributed by atoms with Crippen LogP contribution >= 0.6 is 0 Å². The number of unbranched alkanes of at least 4 members (excludes halogenated alkanes) is 7. The van der Waals surface area contributed by atoms with Crippen LogP contribution in [0.3, 0.4) is 0 Å². The van der Waals surface area contributed by atoms with E-state index >= 15 is 0 Å². The Kier molecular flexibility index (Phi) is 9.13. The lowest BCUT2D eigenvalue weighted by Crippen LogP contribution is -2.47. The maximum atomic E-state index is 13.4. The molecule has 5 nitrogen and oxygen atoms in total. The van der Waals surface area contributed by atoms with E-state index < -0.39 is 0 Å². The highest BCUT2D eigenvalue weighted by molar-refractivity contribution is 6.35. The van der Waals surface area contributed by atoms with Gasteiger partial charge in [0.15, 0.2) is 0 Å². The van der Waals surface area contributed by atoms with E-state index in [1.165, 1.54) is 43.4 Å². The minimum atomic E-state index is -0.118. The van der Waals surface area contributed by atoms with Gasteiger partial charge in [0, 0.05) is 32.7 Å². The summed E-state index contributed by atoms with van der Waals surface area (Å²) in [5.74, 6) is -0.219. The van der Waals surface area contributed by atoms with Crippen molar-refractivity contribution in [3.63, 3.8) is 0 Å². The molecule has 0 radical (unpaired) electrons. The van der Waals surface area contributed by atoms with Gasteiger partial charge < -0.3 is 9.80 Å². The molecule has 1 aromatic rings. The molecule has 1 aromatic carbocycles. The van der Waals surface area contributed by atoms with Crippen molar-refractivity contribution in [2.45, 2.75) is 65.2 Å². The first-order valence-corrected chi connectivity index (χ1v) is 12.3. The molecule has 0 spiro atoms. The molecule has 5 heteroatoms. The lowest BCUT2D eigenvalue weighted by Gasteiger charge is -2.36. The Bertz CT molecular complexity index is 751. The second-order valence-electron chi connectivity index (χ2n) is 8.75. The Morgan fingerprint density at radius 3 is 1.97 bits per heavy atom. The number of nitrogens with zero attached hydrogens (tertiary/aromatic N) is 3. The summed E-state index contributed by atoms with van der Waals surface area (Å²) >= 11 is 0. The highest BCUT2D eigenvalue weighted by Crippen LogP contribution is 2.32. The van der Waals surface area contributed by atoms with Gasteiger partial charge in [-0.25, -0.2) is 0 Å². The molecule has 0 unspecified atom stereocenters. The maximum Gasteiger partial charge on any atom is 0.277 e. The van der Waals surface area contributed by atoms with Crippen LogP contribution in [0.1, 0.15) is 70.8 Å². The zero-order valence-corrected chi connectivity index (χ0v) is 19.4. The topological polar surface area (TPSA) is 43.9 Å². The summed E-state index contributed by atoms with van der Waals surface area (Å²) in [4.78, 5) is 32.7. The predicted molar refractivity (Wildman–Crippen MR) is 126 cm³/mol. The molecule has 0 N–H and O–H groups in total. The van der Waals surface area contributed by atoms with E-state index in [2.05, 4.69) is 23.6 Å². The van der Waals surface area contributed by atoms with Gasteiger partial charge in [-0.05, 0) is 18.5 Å². The van der Waals surface area contributed by atoms with E-state index in [1.54, 1.807) is 0 Å². The third kappa shape index (κ3) is 5.97. The molecule has 2 amide bonds. The monoisotopic (exact) mass is 425 g/mol. The number of carbonyl (C=O) groups is 2. The van der Waals surface area contributed by atoms with E-state index in [1.807, 2.05) is 30.3 Å². The van der Waals surface area contributed by atoms with Crippen molar-refractivity contribution in [3.05, 3.63) is 41.6 Å². The molecular formula is C26H39N3O2. The van der Waals surface area contributed by atoms with E-state index in [4.69, 9.17) is 0 Å². The molecule has 0 bridgehead atoms. The van der Waals surface area contributed by atoms with Crippen LogP contribution in [0.25, 0.3) is 5.57 Å². The number of rotatable bonds is 12. The summed E-state index contributed by atoms with van der Waals surface area (Å²) in [5.41, 5.74) is 2.06. The highest BCUT2D eigenvalue weighted by Gasteiger charge is 2.41. The molecule has 0 aromatic heterocycles. The molecule has 0 atom stereocenters.